The van der Waals surface area contributed by atoms with E-state index in [1.54, 1.807) is 12.4 Å². The molecule has 1 saturated heterocycles. The molecular weight excluding hydrogens is 304 g/mol. The van der Waals surface area contributed by atoms with Gasteiger partial charge in [-0.15, -0.1) is 0 Å². The van der Waals surface area contributed by atoms with Crippen LogP contribution in [0.1, 0.15) is 19.3 Å². The minimum Gasteiger partial charge on any atom is -0.494 e. The highest BCUT2D eigenvalue weighted by atomic mass is 16.5. The summed E-state index contributed by atoms with van der Waals surface area (Å²) in [7, 11) is 1.50. The largest absolute Gasteiger partial charge is 0.494 e. The standard InChI is InChI=1S/C19H24N2O3/c1-23-19-15-21(13-9-18(19)22)16-5-7-17(8-6-16)24-14-4-12-20-10-2-3-11-20/h5-9,13,15H,2-4,10-12,14H2,1H3. The summed E-state index contributed by atoms with van der Waals surface area (Å²) in [6, 6.07) is 9.35. The predicted molar refractivity (Wildman–Crippen MR) is 94.4 cm³/mol. The molecule has 0 saturated carbocycles. The van der Waals surface area contributed by atoms with Gasteiger partial charge in [0.25, 0.3) is 0 Å². The van der Waals surface area contributed by atoms with Gasteiger partial charge < -0.3 is 18.9 Å². The Hall–Kier alpha value is -2.27. The van der Waals surface area contributed by atoms with Crippen LogP contribution in [0.25, 0.3) is 5.69 Å². The van der Waals surface area contributed by atoms with Crippen LogP contribution >= 0.6 is 0 Å². The van der Waals surface area contributed by atoms with Crippen molar-refractivity contribution in [2.24, 2.45) is 0 Å². The van der Waals surface area contributed by atoms with Crippen LogP contribution < -0.4 is 14.9 Å². The summed E-state index contributed by atoms with van der Waals surface area (Å²) in [5, 5.41) is 0. The van der Waals surface area contributed by atoms with Crippen molar-refractivity contribution in [3.63, 3.8) is 0 Å². The van der Waals surface area contributed by atoms with E-state index < -0.39 is 0 Å². The molecule has 24 heavy (non-hydrogen) atoms. The monoisotopic (exact) mass is 328 g/mol. The smallest absolute Gasteiger partial charge is 0.223 e. The molecule has 0 amide bonds. The molecule has 0 unspecified atom stereocenters. The molecule has 0 atom stereocenters. The molecule has 0 radical (unpaired) electrons. The van der Waals surface area contributed by atoms with Crippen molar-refractivity contribution in [2.45, 2.75) is 19.3 Å². The molecule has 128 valence electrons. The molecule has 1 aliphatic heterocycles. The van der Waals surface area contributed by atoms with Gasteiger partial charge in [-0.25, -0.2) is 0 Å². The van der Waals surface area contributed by atoms with Crippen molar-refractivity contribution in [3.05, 3.63) is 52.9 Å². The Balaban J connectivity index is 1.54. The van der Waals surface area contributed by atoms with Crippen LogP contribution in [-0.2, 0) is 0 Å². The average molecular weight is 328 g/mol. The molecule has 0 N–H and O–H groups in total. The molecule has 3 rings (SSSR count). The van der Waals surface area contributed by atoms with Crippen molar-refractivity contribution < 1.29 is 9.47 Å². The van der Waals surface area contributed by atoms with Crippen molar-refractivity contribution in [2.75, 3.05) is 33.4 Å². The highest BCUT2D eigenvalue weighted by Crippen LogP contribution is 2.17. The highest BCUT2D eigenvalue weighted by Gasteiger charge is 2.10. The van der Waals surface area contributed by atoms with Crippen LogP contribution in [0.5, 0.6) is 11.5 Å². The Morgan fingerprint density at radius 3 is 2.54 bits per heavy atom. The number of hydrogen-bond donors (Lipinski definition) is 0. The quantitative estimate of drug-likeness (QED) is 0.733. The highest BCUT2D eigenvalue weighted by molar-refractivity contribution is 5.38. The van der Waals surface area contributed by atoms with Gasteiger partial charge in [-0.1, -0.05) is 0 Å². The van der Waals surface area contributed by atoms with Crippen LogP contribution in [0.15, 0.2) is 47.5 Å². The maximum absolute atomic E-state index is 11.6. The summed E-state index contributed by atoms with van der Waals surface area (Å²) in [6.45, 7) is 4.33. The van der Waals surface area contributed by atoms with E-state index >= 15 is 0 Å². The lowest BCUT2D eigenvalue weighted by atomic mass is 10.3. The second-order valence-corrected chi connectivity index (χ2v) is 6.03. The number of nitrogens with zero attached hydrogens (tertiary/aromatic N) is 2. The first-order chi connectivity index (χ1) is 11.8. The number of likely N-dealkylation sites (tertiary alicyclic amines) is 1. The summed E-state index contributed by atoms with van der Waals surface area (Å²) in [5.74, 6) is 1.20. The maximum Gasteiger partial charge on any atom is 0.223 e. The Morgan fingerprint density at radius 2 is 1.83 bits per heavy atom. The average Bonchev–Trinajstić information content (AvgIpc) is 3.13. The predicted octanol–water partition coefficient (Wildman–Crippen LogP) is 2.71. The molecule has 2 aromatic rings. The molecule has 0 aliphatic carbocycles. The molecule has 1 aromatic carbocycles. The topological polar surface area (TPSA) is 43.7 Å². The zero-order valence-corrected chi connectivity index (χ0v) is 14.1. The van der Waals surface area contributed by atoms with Crippen LogP contribution in [0.3, 0.4) is 0 Å². The number of rotatable bonds is 7. The van der Waals surface area contributed by atoms with Gasteiger partial charge in [0.15, 0.2) is 5.75 Å². The van der Waals surface area contributed by atoms with Gasteiger partial charge in [0.2, 0.25) is 5.43 Å². The molecule has 0 spiro atoms. The molecular formula is C19H24N2O3. The number of ether oxygens (including phenoxy) is 2. The normalized spacial score (nSPS) is 14.7. The number of pyridine rings is 1. The third-order valence-electron chi connectivity index (χ3n) is 4.33. The molecule has 1 aliphatic rings. The minimum absolute atomic E-state index is 0.119. The van der Waals surface area contributed by atoms with Gasteiger partial charge in [-0.2, -0.15) is 0 Å². The lowest BCUT2D eigenvalue weighted by Gasteiger charge is -2.14. The third kappa shape index (κ3) is 4.17. The van der Waals surface area contributed by atoms with Crippen molar-refractivity contribution in [1.82, 2.24) is 9.47 Å². The van der Waals surface area contributed by atoms with Crippen LogP contribution in [0.2, 0.25) is 0 Å². The Kier molecular flexibility index (Phi) is 5.54. The zero-order chi connectivity index (χ0) is 16.8. The van der Waals surface area contributed by atoms with E-state index in [1.807, 2.05) is 28.8 Å². The number of methoxy groups -OCH3 is 1. The van der Waals surface area contributed by atoms with E-state index in [4.69, 9.17) is 9.47 Å². The fourth-order valence-electron chi connectivity index (χ4n) is 2.98. The summed E-state index contributed by atoms with van der Waals surface area (Å²) in [6.07, 6.45) is 7.14. The summed E-state index contributed by atoms with van der Waals surface area (Å²) in [4.78, 5) is 14.1. The van der Waals surface area contributed by atoms with Crippen molar-refractivity contribution in [3.8, 4) is 17.2 Å². The Bertz CT molecular complexity index is 703. The lowest BCUT2D eigenvalue weighted by molar-refractivity contribution is 0.263. The first-order valence-electron chi connectivity index (χ1n) is 8.48. The van der Waals surface area contributed by atoms with Crippen LogP contribution in [0, 0.1) is 0 Å². The van der Waals surface area contributed by atoms with E-state index in [0.717, 1.165) is 31.0 Å². The van der Waals surface area contributed by atoms with Gasteiger partial charge in [-0.05, 0) is 56.6 Å². The Labute approximate surface area is 142 Å². The number of aromatic nitrogens is 1. The number of hydrogen-bond acceptors (Lipinski definition) is 4. The summed E-state index contributed by atoms with van der Waals surface area (Å²) in [5.41, 5.74) is 0.837. The van der Waals surface area contributed by atoms with E-state index in [9.17, 15) is 4.79 Å². The molecule has 1 fully saturated rings. The van der Waals surface area contributed by atoms with E-state index in [2.05, 4.69) is 4.90 Å². The SMILES string of the molecule is COc1cn(-c2ccc(OCCCN3CCCC3)cc2)ccc1=O. The van der Waals surface area contributed by atoms with E-state index in [0.29, 0.717) is 5.75 Å². The molecule has 1 aromatic heterocycles. The molecule has 5 heteroatoms. The van der Waals surface area contributed by atoms with Crippen molar-refractivity contribution in [1.29, 1.82) is 0 Å². The lowest BCUT2D eigenvalue weighted by Crippen LogP contribution is -2.21. The maximum atomic E-state index is 11.6. The third-order valence-corrected chi connectivity index (χ3v) is 4.33. The first-order valence-corrected chi connectivity index (χ1v) is 8.48. The van der Waals surface area contributed by atoms with E-state index in [-0.39, 0.29) is 5.43 Å². The zero-order valence-electron chi connectivity index (χ0n) is 14.1. The fourth-order valence-corrected chi connectivity index (χ4v) is 2.98. The second kappa shape index (κ2) is 8.02. The fraction of sp³-hybridized carbons (Fsp3) is 0.421. The molecule has 0 bridgehead atoms. The number of benzene rings is 1. The first kappa shape index (κ1) is 16.6. The summed E-state index contributed by atoms with van der Waals surface area (Å²) < 4.78 is 12.7. The van der Waals surface area contributed by atoms with Crippen molar-refractivity contribution >= 4 is 0 Å². The van der Waals surface area contributed by atoms with Gasteiger partial charge in [0.05, 0.1) is 19.9 Å². The van der Waals surface area contributed by atoms with Gasteiger partial charge in [0.1, 0.15) is 5.75 Å². The van der Waals surface area contributed by atoms with E-state index in [1.165, 1.54) is 39.1 Å². The van der Waals surface area contributed by atoms with Gasteiger partial charge in [-0.3, -0.25) is 4.79 Å². The van der Waals surface area contributed by atoms with Crippen LogP contribution in [-0.4, -0.2) is 42.8 Å². The summed E-state index contributed by atoms with van der Waals surface area (Å²) >= 11 is 0. The van der Waals surface area contributed by atoms with Crippen LogP contribution in [0.4, 0.5) is 0 Å². The minimum atomic E-state index is -0.119. The second-order valence-electron chi connectivity index (χ2n) is 6.03. The molecule has 5 nitrogen and oxygen atoms in total. The van der Waals surface area contributed by atoms with Gasteiger partial charge in [0, 0.05) is 24.5 Å². The Morgan fingerprint density at radius 1 is 1.08 bits per heavy atom. The van der Waals surface area contributed by atoms with Gasteiger partial charge >= 0.3 is 0 Å². The molecule has 2 heterocycles.